The molecule has 2 rings (SSSR count). The highest BCUT2D eigenvalue weighted by molar-refractivity contribution is 9.13. The predicted octanol–water partition coefficient (Wildman–Crippen LogP) is 3.71. The quantitative estimate of drug-likeness (QED) is 0.829. The molecule has 112 valence electrons. The highest BCUT2D eigenvalue weighted by atomic mass is 79.9. The standard InChI is InChI=1S/C15H22Br2N2O/c1-15(20-2)6-3-7-19(10-15)14(9-18)11-4-5-12(16)13(17)8-11/h4-5,8,14H,3,6-7,9-10,18H2,1-2H3. The van der Waals surface area contributed by atoms with Gasteiger partial charge in [-0.1, -0.05) is 6.07 Å². The molecule has 2 N–H and O–H groups in total. The molecule has 1 aliphatic rings. The van der Waals surface area contributed by atoms with Crippen LogP contribution in [-0.2, 0) is 4.74 Å². The Balaban J connectivity index is 2.21. The van der Waals surface area contributed by atoms with E-state index in [-0.39, 0.29) is 11.6 Å². The summed E-state index contributed by atoms with van der Waals surface area (Å²) in [6.07, 6.45) is 2.26. The van der Waals surface area contributed by atoms with Crippen LogP contribution in [-0.4, -0.2) is 37.2 Å². The molecule has 0 amide bonds. The molecule has 20 heavy (non-hydrogen) atoms. The Bertz CT molecular complexity index is 469. The number of rotatable bonds is 4. The minimum Gasteiger partial charge on any atom is -0.377 e. The fourth-order valence-corrected chi connectivity index (χ4v) is 3.54. The van der Waals surface area contributed by atoms with Crippen molar-refractivity contribution in [1.29, 1.82) is 0 Å². The van der Waals surface area contributed by atoms with Crippen molar-refractivity contribution in [1.82, 2.24) is 4.90 Å². The van der Waals surface area contributed by atoms with Gasteiger partial charge in [0.15, 0.2) is 0 Å². The van der Waals surface area contributed by atoms with E-state index in [0.29, 0.717) is 6.54 Å². The Morgan fingerprint density at radius 3 is 2.75 bits per heavy atom. The molecule has 3 nitrogen and oxygen atoms in total. The third-order valence-electron chi connectivity index (χ3n) is 4.17. The molecule has 2 atom stereocenters. The molecule has 0 radical (unpaired) electrons. The third kappa shape index (κ3) is 3.63. The molecular weight excluding hydrogens is 384 g/mol. The zero-order valence-corrected chi connectivity index (χ0v) is 15.2. The van der Waals surface area contributed by atoms with Crippen LogP contribution >= 0.6 is 31.9 Å². The first kappa shape index (κ1) is 16.4. The van der Waals surface area contributed by atoms with Gasteiger partial charge < -0.3 is 10.5 Å². The maximum atomic E-state index is 6.04. The Morgan fingerprint density at radius 1 is 1.40 bits per heavy atom. The number of nitrogens with two attached hydrogens (primary N) is 1. The number of hydrogen-bond donors (Lipinski definition) is 1. The van der Waals surface area contributed by atoms with Gasteiger partial charge in [-0.3, -0.25) is 4.90 Å². The van der Waals surface area contributed by atoms with Gasteiger partial charge in [-0.2, -0.15) is 0 Å². The number of piperidine rings is 1. The Kier molecular flexibility index (Phi) is 5.65. The van der Waals surface area contributed by atoms with E-state index in [1.54, 1.807) is 7.11 Å². The molecule has 0 saturated carbocycles. The lowest BCUT2D eigenvalue weighted by atomic mass is 9.92. The molecule has 5 heteroatoms. The molecule has 0 spiro atoms. The van der Waals surface area contributed by atoms with Gasteiger partial charge in [0.05, 0.1) is 5.60 Å². The minimum absolute atomic E-state index is 0.0573. The van der Waals surface area contributed by atoms with Crippen molar-refractivity contribution in [3.8, 4) is 0 Å². The van der Waals surface area contributed by atoms with Crippen molar-refractivity contribution in [3.05, 3.63) is 32.7 Å². The van der Waals surface area contributed by atoms with Crippen LogP contribution in [0.3, 0.4) is 0 Å². The van der Waals surface area contributed by atoms with E-state index in [1.807, 2.05) is 0 Å². The van der Waals surface area contributed by atoms with Gasteiger partial charge >= 0.3 is 0 Å². The molecule has 1 heterocycles. The highest BCUT2D eigenvalue weighted by Crippen LogP contribution is 2.32. The van der Waals surface area contributed by atoms with Gasteiger partial charge in [0, 0.05) is 35.2 Å². The lowest BCUT2D eigenvalue weighted by Crippen LogP contribution is -2.49. The van der Waals surface area contributed by atoms with Crippen molar-refractivity contribution in [2.24, 2.45) is 5.73 Å². The second-order valence-corrected chi connectivity index (χ2v) is 7.36. The molecule has 1 aliphatic heterocycles. The van der Waals surface area contributed by atoms with Gasteiger partial charge in [0.2, 0.25) is 0 Å². The van der Waals surface area contributed by atoms with E-state index in [1.165, 1.54) is 5.56 Å². The summed E-state index contributed by atoms with van der Waals surface area (Å²) in [4.78, 5) is 2.45. The summed E-state index contributed by atoms with van der Waals surface area (Å²) in [7, 11) is 1.80. The van der Waals surface area contributed by atoms with E-state index in [4.69, 9.17) is 10.5 Å². The van der Waals surface area contributed by atoms with Crippen LogP contribution in [0.2, 0.25) is 0 Å². The van der Waals surface area contributed by atoms with Gasteiger partial charge in [-0.15, -0.1) is 0 Å². The summed E-state index contributed by atoms with van der Waals surface area (Å²) < 4.78 is 7.82. The largest absolute Gasteiger partial charge is 0.377 e. The molecule has 0 bridgehead atoms. The van der Waals surface area contributed by atoms with E-state index >= 15 is 0 Å². The smallest absolute Gasteiger partial charge is 0.0777 e. The summed E-state index contributed by atoms with van der Waals surface area (Å²) in [6.45, 7) is 4.81. The first-order valence-electron chi connectivity index (χ1n) is 6.93. The first-order chi connectivity index (χ1) is 9.49. The van der Waals surface area contributed by atoms with Gasteiger partial charge in [0.25, 0.3) is 0 Å². The van der Waals surface area contributed by atoms with Crippen molar-refractivity contribution in [2.45, 2.75) is 31.4 Å². The van der Waals surface area contributed by atoms with Crippen LogP contribution in [0.5, 0.6) is 0 Å². The maximum absolute atomic E-state index is 6.04. The summed E-state index contributed by atoms with van der Waals surface area (Å²) >= 11 is 7.09. The lowest BCUT2D eigenvalue weighted by Gasteiger charge is -2.43. The summed E-state index contributed by atoms with van der Waals surface area (Å²) in [6, 6.07) is 6.61. The molecule has 1 fully saturated rings. The van der Waals surface area contributed by atoms with Crippen LogP contribution in [0.4, 0.5) is 0 Å². The average Bonchev–Trinajstić information content (AvgIpc) is 2.44. The number of ether oxygens (including phenoxy) is 1. The van der Waals surface area contributed by atoms with Crippen LogP contribution < -0.4 is 5.73 Å². The lowest BCUT2D eigenvalue weighted by molar-refractivity contribution is -0.0608. The second kappa shape index (κ2) is 6.88. The Morgan fingerprint density at radius 2 is 2.15 bits per heavy atom. The SMILES string of the molecule is COC1(C)CCCN(C(CN)c2ccc(Br)c(Br)c2)C1. The van der Waals surface area contributed by atoms with Crippen molar-refractivity contribution < 1.29 is 4.74 Å². The van der Waals surface area contributed by atoms with Gasteiger partial charge in [0.1, 0.15) is 0 Å². The van der Waals surface area contributed by atoms with Crippen molar-refractivity contribution in [3.63, 3.8) is 0 Å². The zero-order chi connectivity index (χ0) is 14.8. The first-order valence-corrected chi connectivity index (χ1v) is 8.52. The van der Waals surface area contributed by atoms with E-state index in [2.05, 4.69) is 61.9 Å². The third-order valence-corrected chi connectivity index (χ3v) is 6.05. The van der Waals surface area contributed by atoms with Crippen molar-refractivity contribution in [2.75, 3.05) is 26.7 Å². The number of nitrogens with zero attached hydrogens (tertiary/aromatic N) is 1. The molecule has 2 unspecified atom stereocenters. The predicted molar refractivity (Wildman–Crippen MR) is 89.9 cm³/mol. The summed E-state index contributed by atoms with van der Waals surface area (Å²) in [5, 5.41) is 0. The van der Waals surface area contributed by atoms with E-state index in [9.17, 15) is 0 Å². The molecule has 1 saturated heterocycles. The maximum Gasteiger partial charge on any atom is 0.0777 e. The van der Waals surface area contributed by atoms with Crippen LogP contribution in [0, 0.1) is 0 Å². The number of methoxy groups -OCH3 is 1. The second-order valence-electron chi connectivity index (χ2n) is 5.65. The zero-order valence-electron chi connectivity index (χ0n) is 12.0. The number of likely N-dealkylation sites (tertiary alicyclic amines) is 1. The topological polar surface area (TPSA) is 38.5 Å². The normalized spacial score (nSPS) is 25.6. The summed E-state index contributed by atoms with van der Waals surface area (Å²) in [5.41, 5.74) is 7.24. The van der Waals surface area contributed by atoms with E-state index < -0.39 is 0 Å². The van der Waals surface area contributed by atoms with E-state index in [0.717, 1.165) is 34.9 Å². The molecular formula is C15H22Br2N2O. The molecule has 0 aromatic heterocycles. The van der Waals surface area contributed by atoms with Crippen LogP contribution in [0.1, 0.15) is 31.4 Å². The van der Waals surface area contributed by atoms with Crippen LogP contribution in [0.15, 0.2) is 27.1 Å². The molecule has 1 aromatic rings. The minimum atomic E-state index is -0.0573. The highest BCUT2D eigenvalue weighted by Gasteiger charge is 2.34. The van der Waals surface area contributed by atoms with Gasteiger partial charge in [-0.05, 0) is 75.9 Å². The number of halogens is 2. The van der Waals surface area contributed by atoms with Crippen molar-refractivity contribution >= 4 is 31.9 Å². The summed E-state index contributed by atoms with van der Waals surface area (Å²) in [5.74, 6) is 0. The number of benzene rings is 1. The molecule has 1 aromatic carbocycles. The fraction of sp³-hybridized carbons (Fsp3) is 0.600. The monoisotopic (exact) mass is 404 g/mol. The van der Waals surface area contributed by atoms with Gasteiger partial charge in [-0.25, -0.2) is 0 Å². The average molecular weight is 406 g/mol. The molecule has 0 aliphatic carbocycles. The Labute approximate surface area is 138 Å². The Hall–Kier alpha value is 0.0600. The fourth-order valence-electron chi connectivity index (χ4n) is 2.89. The van der Waals surface area contributed by atoms with Crippen LogP contribution in [0.25, 0.3) is 0 Å². The number of hydrogen-bond acceptors (Lipinski definition) is 3.